The van der Waals surface area contributed by atoms with E-state index in [4.69, 9.17) is 23.2 Å². The third-order valence-electron chi connectivity index (χ3n) is 2.29. The van der Waals surface area contributed by atoms with E-state index in [1.165, 1.54) is 24.5 Å². The molecule has 0 atom stereocenters. The number of carbonyl (C=O) groups is 1. The predicted molar refractivity (Wildman–Crippen MR) is 73.1 cm³/mol. The number of nitrogens with zero attached hydrogens (tertiary/aromatic N) is 3. The molecule has 1 heterocycles. The second-order valence-corrected chi connectivity index (χ2v) is 4.36. The van der Waals surface area contributed by atoms with Gasteiger partial charge in [0, 0.05) is 23.5 Å². The topological polar surface area (TPSA) is 98.0 Å². The van der Waals surface area contributed by atoms with E-state index < -0.39 is 16.5 Å². The molecular weight excluding hydrogens is 307 g/mol. The van der Waals surface area contributed by atoms with Crippen LogP contribution in [0.4, 0.5) is 11.5 Å². The summed E-state index contributed by atoms with van der Waals surface area (Å²) in [6.07, 6.45) is 2.68. The summed E-state index contributed by atoms with van der Waals surface area (Å²) in [5.74, 6) is -0.709. The molecule has 0 aliphatic rings. The van der Waals surface area contributed by atoms with Gasteiger partial charge in [-0.25, -0.2) is 9.97 Å². The van der Waals surface area contributed by atoms with E-state index >= 15 is 0 Å². The van der Waals surface area contributed by atoms with Gasteiger partial charge in [0.25, 0.3) is 11.6 Å². The second-order valence-electron chi connectivity index (χ2n) is 3.57. The fourth-order valence-electron chi connectivity index (χ4n) is 1.43. The summed E-state index contributed by atoms with van der Waals surface area (Å²) in [7, 11) is 0. The Labute approximate surface area is 122 Å². The van der Waals surface area contributed by atoms with Gasteiger partial charge in [-0.3, -0.25) is 14.9 Å². The number of aromatic nitrogens is 2. The van der Waals surface area contributed by atoms with Crippen molar-refractivity contribution in [1.29, 1.82) is 0 Å². The minimum absolute atomic E-state index is 0.0162. The number of nitrogens with one attached hydrogen (secondary N) is 1. The van der Waals surface area contributed by atoms with Crippen molar-refractivity contribution in [1.82, 2.24) is 9.97 Å². The maximum absolute atomic E-state index is 12.0. The summed E-state index contributed by atoms with van der Waals surface area (Å²) < 4.78 is 0. The molecule has 9 heteroatoms. The standard InChI is InChI=1S/C11H6Cl2N4O3/c12-6-1-2-7(8(5-6)17(19)20)11(18)16-10-9(13)14-3-4-15-10/h1-5H,(H,15,16,18). The van der Waals surface area contributed by atoms with Crippen LogP contribution in [0.2, 0.25) is 10.2 Å². The number of carbonyl (C=O) groups excluding carboxylic acids is 1. The molecular formula is C11H6Cl2N4O3. The molecule has 0 spiro atoms. The third kappa shape index (κ3) is 3.01. The lowest BCUT2D eigenvalue weighted by atomic mass is 10.1. The number of amides is 1. The Kier molecular flexibility index (Phi) is 4.11. The van der Waals surface area contributed by atoms with Crippen molar-refractivity contribution in [2.24, 2.45) is 0 Å². The first-order chi connectivity index (χ1) is 9.49. The number of nitro benzene ring substituents is 1. The molecule has 1 amide bonds. The Morgan fingerprint density at radius 3 is 2.60 bits per heavy atom. The van der Waals surface area contributed by atoms with E-state index in [0.29, 0.717) is 0 Å². The summed E-state index contributed by atoms with van der Waals surface area (Å²) in [4.78, 5) is 29.8. The van der Waals surface area contributed by atoms with Gasteiger partial charge < -0.3 is 5.32 Å². The Morgan fingerprint density at radius 2 is 1.95 bits per heavy atom. The highest BCUT2D eigenvalue weighted by molar-refractivity contribution is 6.32. The van der Waals surface area contributed by atoms with E-state index in [2.05, 4.69) is 15.3 Å². The Morgan fingerprint density at radius 1 is 1.25 bits per heavy atom. The van der Waals surface area contributed by atoms with Crippen LogP contribution in [0.15, 0.2) is 30.6 Å². The van der Waals surface area contributed by atoms with E-state index in [1.807, 2.05) is 0 Å². The van der Waals surface area contributed by atoms with Crippen molar-refractivity contribution >= 4 is 40.6 Å². The van der Waals surface area contributed by atoms with Gasteiger partial charge in [-0.15, -0.1) is 0 Å². The molecule has 0 fully saturated rings. The predicted octanol–water partition coefficient (Wildman–Crippen LogP) is 2.94. The average Bonchev–Trinajstić information content (AvgIpc) is 2.41. The highest BCUT2D eigenvalue weighted by Gasteiger charge is 2.21. The van der Waals surface area contributed by atoms with Crippen LogP contribution in [-0.2, 0) is 0 Å². The molecule has 0 aliphatic heterocycles. The zero-order valence-electron chi connectivity index (χ0n) is 9.71. The molecule has 102 valence electrons. The summed E-state index contributed by atoms with van der Waals surface area (Å²) in [5.41, 5.74) is -0.559. The zero-order chi connectivity index (χ0) is 14.7. The van der Waals surface area contributed by atoms with Gasteiger partial charge in [0.2, 0.25) is 0 Å². The third-order valence-corrected chi connectivity index (χ3v) is 2.80. The molecule has 0 bridgehead atoms. The van der Waals surface area contributed by atoms with Crippen molar-refractivity contribution in [3.63, 3.8) is 0 Å². The Hall–Kier alpha value is -2.25. The van der Waals surface area contributed by atoms with Crippen LogP contribution in [-0.4, -0.2) is 20.8 Å². The van der Waals surface area contributed by atoms with Crippen LogP contribution in [0, 0.1) is 10.1 Å². The van der Waals surface area contributed by atoms with Crippen LogP contribution < -0.4 is 5.32 Å². The molecule has 7 nitrogen and oxygen atoms in total. The largest absolute Gasteiger partial charge is 0.304 e. The molecule has 0 radical (unpaired) electrons. The Bertz CT molecular complexity index is 693. The van der Waals surface area contributed by atoms with Crippen molar-refractivity contribution in [3.05, 3.63) is 56.4 Å². The minimum atomic E-state index is -0.726. The highest BCUT2D eigenvalue weighted by atomic mass is 35.5. The fraction of sp³-hybridized carbons (Fsp3) is 0. The van der Waals surface area contributed by atoms with Crippen LogP contribution in [0.3, 0.4) is 0 Å². The van der Waals surface area contributed by atoms with Crippen LogP contribution in [0.1, 0.15) is 10.4 Å². The smallest absolute Gasteiger partial charge is 0.283 e. The van der Waals surface area contributed by atoms with Gasteiger partial charge in [-0.05, 0) is 12.1 Å². The minimum Gasteiger partial charge on any atom is -0.304 e. The van der Waals surface area contributed by atoms with E-state index in [1.54, 1.807) is 0 Å². The summed E-state index contributed by atoms with van der Waals surface area (Å²) in [6, 6.07) is 3.72. The fourth-order valence-corrected chi connectivity index (χ4v) is 1.75. The average molecular weight is 313 g/mol. The van der Waals surface area contributed by atoms with Gasteiger partial charge in [0.05, 0.1) is 4.92 Å². The van der Waals surface area contributed by atoms with Crippen molar-refractivity contribution in [2.45, 2.75) is 0 Å². The van der Waals surface area contributed by atoms with Gasteiger partial charge in [0.15, 0.2) is 11.0 Å². The normalized spacial score (nSPS) is 10.1. The molecule has 0 saturated heterocycles. The van der Waals surface area contributed by atoms with Crippen LogP contribution >= 0.6 is 23.2 Å². The van der Waals surface area contributed by atoms with Gasteiger partial charge >= 0.3 is 0 Å². The van der Waals surface area contributed by atoms with Crippen molar-refractivity contribution in [3.8, 4) is 0 Å². The van der Waals surface area contributed by atoms with E-state index in [-0.39, 0.29) is 21.6 Å². The molecule has 1 aromatic heterocycles. The second kappa shape index (κ2) is 5.81. The first-order valence-corrected chi connectivity index (χ1v) is 5.96. The molecule has 2 aromatic rings. The zero-order valence-corrected chi connectivity index (χ0v) is 11.2. The van der Waals surface area contributed by atoms with Crippen LogP contribution in [0.25, 0.3) is 0 Å². The van der Waals surface area contributed by atoms with E-state index in [9.17, 15) is 14.9 Å². The Balaban J connectivity index is 2.35. The molecule has 0 saturated carbocycles. The quantitative estimate of drug-likeness (QED) is 0.694. The lowest BCUT2D eigenvalue weighted by Crippen LogP contribution is -2.15. The first-order valence-electron chi connectivity index (χ1n) is 5.21. The molecule has 20 heavy (non-hydrogen) atoms. The number of rotatable bonds is 3. The molecule has 1 N–H and O–H groups in total. The lowest BCUT2D eigenvalue weighted by Gasteiger charge is -2.06. The van der Waals surface area contributed by atoms with E-state index in [0.717, 1.165) is 6.07 Å². The SMILES string of the molecule is O=C(Nc1nccnc1Cl)c1ccc(Cl)cc1[N+](=O)[O-]. The molecule has 2 rings (SSSR count). The van der Waals surface area contributed by atoms with Gasteiger partial charge in [0.1, 0.15) is 5.56 Å². The number of benzene rings is 1. The van der Waals surface area contributed by atoms with Crippen LogP contribution in [0.5, 0.6) is 0 Å². The molecule has 1 aromatic carbocycles. The monoisotopic (exact) mass is 312 g/mol. The molecule has 0 aliphatic carbocycles. The number of halogens is 2. The van der Waals surface area contributed by atoms with Crippen molar-refractivity contribution < 1.29 is 9.72 Å². The number of hydrogen-bond donors (Lipinski definition) is 1. The maximum atomic E-state index is 12.0. The van der Waals surface area contributed by atoms with Gasteiger partial charge in [-0.1, -0.05) is 23.2 Å². The summed E-state index contributed by atoms with van der Waals surface area (Å²) >= 11 is 11.4. The first kappa shape index (κ1) is 14.2. The van der Waals surface area contributed by atoms with Crippen molar-refractivity contribution in [2.75, 3.05) is 5.32 Å². The number of anilines is 1. The number of nitro groups is 1. The molecule has 0 unspecified atom stereocenters. The number of hydrogen-bond acceptors (Lipinski definition) is 5. The summed E-state index contributed by atoms with van der Waals surface area (Å²) in [5, 5.41) is 13.4. The lowest BCUT2D eigenvalue weighted by molar-refractivity contribution is -0.385. The summed E-state index contributed by atoms with van der Waals surface area (Å²) in [6.45, 7) is 0. The highest BCUT2D eigenvalue weighted by Crippen LogP contribution is 2.24. The van der Waals surface area contributed by atoms with Gasteiger partial charge in [-0.2, -0.15) is 0 Å². The maximum Gasteiger partial charge on any atom is 0.283 e.